The molecule has 6 rings (SSSR count). The first-order valence-electron chi connectivity index (χ1n) is 16.0. The molecule has 0 radical (unpaired) electrons. The second-order valence-electron chi connectivity index (χ2n) is 12.4. The Morgan fingerprint density at radius 1 is 1.12 bits per heavy atom. The van der Waals surface area contributed by atoms with Gasteiger partial charge >= 0.3 is 6.09 Å². The van der Waals surface area contributed by atoms with Crippen molar-refractivity contribution in [3.63, 3.8) is 0 Å². The molecule has 3 aromatic rings. The van der Waals surface area contributed by atoms with E-state index in [2.05, 4.69) is 15.4 Å². The quantitative estimate of drug-likeness (QED) is 0.239. The van der Waals surface area contributed by atoms with E-state index in [4.69, 9.17) is 28.4 Å². The average molecular weight is 688 g/mol. The number of carbonyl (C=O) groups excluding carboxylic acids is 1. The van der Waals surface area contributed by atoms with Gasteiger partial charge in [-0.1, -0.05) is 26.0 Å². The van der Waals surface area contributed by atoms with Gasteiger partial charge in [-0.15, -0.1) is 0 Å². The number of hydrogen-bond acceptors (Lipinski definition) is 12. The lowest BCUT2D eigenvalue weighted by atomic mass is 10.0. The number of ether oxygens (including phenoxy) is 6. The molecule has 0 saturated carbocycles. The Hall–Kier alpha value is -3.96. The van der Waals surface area contributed by atoms with Crippen LogP contribution >= 0.6 is 0 Å². The SMILES string of the molecule is CC(C)CN(C[C@@H](O)[C@H](Cc1ccc(OCCn2cncn2)cc1)NC(=O)O[C@H]1CO[C@H]2OCC[C@H]21)S(=O)(=O)c1ccc2c(c1)OCO2. The van der Waals surface area contributed by atoms with Crippen LogP contribution in [0.15, 0.2) is 60.0 Å². The molecule has 2 fully saturated rings. The molecule has 3 aliphatic heterocycles. The molecular formula is C32H41N5O10S. The van der Waals surface area contributed by atoms with E-state index < -0.39 is 40.7 Å². The summed E-state index contributed by atoms with van der Waals surface area (Å²) in [7, 11) is -4.07. The van der Waals surface area contributed by atoms with Crippen molar-refractivity contribution in [3.05, 3.63) is 60.7 Å². The third-order valence-corrected chi connectivity index (χ3v) is 10.2. The number of sulfonamides is 1. The van der Waals surface area contributed by atoms with Crippen molar-refractivity contribution in [2.24, 2.45) is 11.8 Å². The van der Waals surface area contributed by atoms with Gasteiger partial charge in [0.25, 0.3) is 0 Å². The molecule has 4 heterocycles. The lowest BCUT2D eigenvalue weighted by Crippen LogP contribution is -2.51. The summed E-state index contributed by atoms with van der Waals surface area (Å²) in [6.45, 7) is 5.30. The number of rotatable bonds is 15. The molecule has 2 N–H and O–H groups in total. The first kappa shape index (κ1) is 33.9. The zero-order chi connectivity index (χ0) is 33.7. The number of nitrogens with zero attached hydrogens (tertiary/aromatic N) is 4. The molecule has 15 nitrogen and oxygen atoms in total. The van der Waals surface area contributed by atoms with Crippen LogP contribution in [0.4, 0.5) is 4.79 Å². The van der Waals surface area contributed by atoms with Gasteiger partial charge in [-0.2, -0.15) is 9.40 Å². The number of benzene rings is 2. The van der Waals surface area contributed by atoms with E-state index in [1.807, 2.05) is 26.0 Å². The minimum Gasteiger partial charge on any atom is -0.492 e. The Balaban J connectivity index is 1.17. The van der Waals surface area contributed by atoms with Gasteiger partial charge in [0.15, 0.2) is 17.8 Å². The summed E-state index contributed by atoms with van der Waals surface area (Å²) in [6, 6.07) is 10.8. The number of aliphatic hydroxyl groups is 1. The molecule has 5 atom stereocenters. The third-order valence-electron chi connectivity index (χ3n) is 8.39. The van der Waals surface area contributed by atoms with Crippen molar-refractivity contribution in [1.29, 1.82) is 0 Å². The van der Waals surface area contributed by atoms with Gasteiger partial charge in [-0.3, -0.25) is 0 Å². The molecule has 1 amide bonds. The molecule has 2 aromatic carbocycles. The molecule has 1 aromatic heterocycles. The fourth-order valence-corrected chi connectivity index (χ4v) is 7.57. The highest BCUT2D eigenvalue weighted by Crippen LogP contribution is 2.35. The summed E-state index contributed by atoms with van der Waals surface area (Å²) in [6.07, 6.45) is 1.04. The fourth-order valence-electron chi connectivity index (χ4n) is 5.93. The number of alkyl carbamates (subject to hydrolysis) is 1. The summed E-state index contributed by atoms with van der Waals surface area (Å²) in [5.41, 5.74) is 0.783. The van der Waals surface area contributed by atoms with Crippen molar-refractivity contribution in [2.45, 2.75) is 62.7 Å². The van der Waals surface area contributed by atoms with Gasteiger partial charge in [0.1, 0.15) is 31.1 Å². The number of carbonyl (C=O) groups is 1. The van der Waals surface area contributed by atoms with Crippen molar-refractivity contribution >= 4 is 16.1 Å². The topological polar surface area (TPSA) is 173 Å². The lowest BCUT2D eigenvalue weighted by molar-refractivity contribution is -0.0907. The summed E-state index contributed by atoms with van der Waals surface area (Å²) in [5, 5.41) is 18.5. The van der Waals surface area contributed by atoms with Crippen LogP contribution in [0.25, 0.3) is 0 Å². The zero-order valence-electron chi connectivity index (χ0n) is 26.8. The highest BCUT2D eigenvalue weighted by atomic mass is 32.2. The van der Waals surface area contributed by atoms with Gasteiger partial charge in [0.05, 0.1) is 42.7 Å². The summed E-state index contributed by atoms with van der Waals surface area (Å²) in [5.74, 6) is 1.31. The summed E-state index contributed by atoms with van der Waals surface area (Å²) >= 11 is 0. The molecule has 3 aliphatic rings. The van der Waals surface area contributed by atoms with Crippen LogP contribution in [0, 0.1) is 11.8 Å². The number of hydrogen-bond donors (Lipinski definition) is 2. The second kappa shape index (κ2) is 15.1. The molecule has 0 unspecified atom stereocenters. The van der Waals surface area contributed by atoms with E-state index in [9.17, 15) is 18.3 Å². The maximum Gasteiger partial charge on any atom is 0.407 e. The number of fused-ring (bicyclic) bond motifs is 2. The number of aliphatic hydroxyl groups excluding tert-OH is 1. The highest BCUT2D eigenvalue weighted by molar-refractivity contribution is 7.89. The monoisotopic (exact) mass is 687 g/mol. The van der Waals surface area contributed by atoms with Crippen LogP contribution in [0.2, 0.25) is 0 Å². The smallest absolute Gasteiger partial charge is 0.407 e. The van der Waals surface area contributed by atoms with E-state index in [1.165, 1.54) is 22.8 Å². The van der Waals surface area contributed by atoms with Crippen molar-refractivity contribution in [1.82, 2.24) is 24.4 Å². The summed E-state index contributed by atoms with van der Waals surface area (Å²) < 4.78 is 64.1. The van der Waals surface area contributed by atoms with Crippen LogP contribution < -0.4 is 19.5 Å². The number of amides is 1. The Morgan fingerprint density at radius 2 is 1.94 bits per heavy atom. The Kier molecular flexibility index (Phi) is 10.7. The molecule has 0 bridgehead atoms. The summed E-state index contributed by atoms with van der Waals surface area (Å²) in [4.78, 5) is 17.2. The molecule has 0 aliphatic carbocycles. The first-order chi connectivity index (χ1) is 23.2. The van der Waals surface area contributed by atoms with Crippen molar-refractivity contribution in [2.75, 3.05) is 39.7 Å². The minimum absolute atomic E-state index is 0.00815. The van der Waals surface area contributed by atoms with Crippen LogP contribution in [0.1, 0.15) is 25.8 Å². The van der Waals surface area contributed by atoms with Crippen LogP contribution in [0.3, 0.4) is 0 Å². The molecule has 16 heteroatoms. The highest BCUT2D eigenvalue weighted by Gasteiger charge is 2.44. The Bertz CT molecular complexity index is 1620. The van der Waals surface area contributed by atoms with Crippen molar-refractivity contribution in [3.8, 4) is 17.2 Å². The van der Waals surface area contributed by atoms with Gasteiger partial charge in [0, 0.05) is 19.2 Å². The first-order valence-corrected chi connectivity index (χ1v) is 17.4. The lowest BCUT2D eigenvalue weighted by Gasteiger charge is -2.31. The molecule has 2 saturated heterocycles. The van der Waals surface area contributed by atoms with Crippen LogP contribution in [-0.2, 0) is 37.2 Å². The van der Waals surface area contributed by atoms with Gasteiger partial charge in [-0.05, 0) is 48.6 Å². The predicted molar refractivity (Wildman–Crippen MR) is 169 cm³/mol. The zero-order valence-corrected chi connectivity index (χ0v) is 27.7. The van der Waals surface area contributed by atoms with E-state index in [0.717, 1.165) is 5.56 Å². The Labute approximate surface area is 279 Å². The maximum atomic E-state index is 13.9. The van der Waals surface area contributed by atoms with E-state index in [1.54, 1.807) is 29.2 Å². The average Bonchev–Trinajstić information content (AvgIpc) is 3.88. The van der Waals surface area contributed by atoms with E-state index in [-0.39, 0.29) is 49.6 Å². The largest absolute Gasteiger partial charge is 0.492 e. The van der Waals surface area contributed by atoms with Crippen LogP contribution in [0.5, 0.6) is 17.2 Å². The van der Waals surface area contributed by atoms with Gasteiger partial charge in [-0.25, -0.2) is 22.9 Å². The van der Waals surface area contributed by atoms with Gasteiger partial charge < -0.3 is 38.8 Å². The third kappa shape index (κ3) is 8.18. The molecule has 260 valence electrons. The van der Waals surface area contributed by atoms with Crippen molar-refractivity contribution < 1.29 is 46.7 Å². The maximum absolute atomic E-state index is 13.9. The molecule has 48 heavy (non-hydrogen) atoms. The van der Waals surface area contributed by atoms with Crippen LogP contribution in [-0.4, -0.2) is 103 Å². The minimum atomic E-state index is -4.07. The standard InChI is InChI=1S/C32H41N5O10S/c1-21(2)15-37(48(40,41)24-7-8-28-29(14-24)46-20-45-28)16-27(38)26(35-32(39)47-30-17-44-31-25(30)9-11-43-31)13-22-3-5-23(6-4-22)42-12-10-36-19-33-18-34-36/h3-8,14,18-19,21,25-27,30-31,38H,9-13,15-17,20H2,1-2H3,(H,35,39)/t25-,26-,27+,30-,31+/m0/s1. The fraction of sp³-hybridized carbons (Fsp3) is 0.531. The van der Waals surface area contributed by atoms with E-state index >= 15 is 0 Å². The number of aromatic nitrogens is 3. The molecular weight excluding hydrogens is 646 g/mol. The number of nitrogens with one attached hydrogen (secondary N) is 1. The Morgan fingerprint density at radius 3 is 2.71 bits per heavy atom. The normalized spacial score (nSPS) is 21.3. The molecule has 0 spiro atoms. The second-order valence-corrected chi connectivity index (χ2v) is 14.3. The predicted octanol–water partition coefficient (Wildman–Crippen LogP) is 2.19. The van der Waals surface area contributed by atoms with Gasteiger partial charge in [0.2, 0.25) is 16.8 Å². The van der Waals surface area contributed by atoms with E-state index in [0.29, 0.717) is 43.4 Å².